The summed E-state index contributed by atoms with van der Waals surface area (Å²) in [5.74, 6) is 0.904. The molecule has 4 fully saturated rings. The topological polar surface area (TPSA) is 105 Å². The van der Waals surface area contributed by atoms with Crippen LogP contribution in [-0.4, -0.2) is 112 Å². The number of benzene rings is 2. The first-order valence-electron chi connectivity index (χ1n) is 21.5. The Hall–Kier alpha value is -4.68. The molecular formula is C46H55FN8O3. The van der Waals surface area contributed by atoms with Gasteiger partial charge in [0, 0.05) is 82.6 Å². The highest BCUT2D eigenvalue weighted by molar-refractivity contribution is 6.05. The van der Waals surface area contributed by atoms with E-state index in [1.165, 1.54) is 41.5 Å². The quantitative estimate of drug-likeness (QED) is 0.294. The lowest BCUT2D eigenvalue weighted by atomic mass is 9.86. The van der Waals surface area contributed by atoms with Crippen LogP contribution in [0.4, 0.5) is 15.9 Å². The smallest absolute Gasteiger partial charge is 0.255 e. The molecule has 1 N–H and O–H groups in total. The number of halogens is 1. The second-order valence-corrected chi connectivity index (χ2v) is 18.8. The highest BCUT2D eigenvalue weighted by Crippen LogP contribution is 2.60. The van der Waals surface area contributed by atoms with Crippen molar-refractivity contribution in [2.45, 2.75) is 96.1 Å². The number of nitrogens with zero attached hydrogens (tertiary/aromatic N) is 7. The number of carbonyl (C=O) groups excluding carboxylic acids is 3. The van der Waals surface area contributed by atoms with Crippen LogP contribution in [0.25, 0.3) is 5.57 Å². The summed E-state index contributed by atoms with van der Waals surface area (Å²) in [6, 6.07) is 14.3. The molecule has 2 unspecified atom stereocenters. The Morgan fingerprint density at radius 2 is 1.71 bits per heavy atom. The van der Waals surface area contributed by atoms with Crippen LogP contribution in [0.5, 0.6) is 0 Å². The highest BCUT2D eigenvalue weighted by Gasteiger charge is 2.55. The summed E-state index contributed by atoms with van der Waals surface area (Å²) in [4.78, 5) is 58.8. The van der Waals surface area contributed by atoms with Crippen molar-refractivity contribution in [2.75, 3.05) is 62.2 Å². The Morgan fingerprint density at radius 1 is 0.914 bits per heavy atom. The number of aromatic nitrogens is 2. The predicted octanol–water partition coefficient (Wildman–Crippen LogP) is 5.56. The van der Waals surface area contributed by atoms with Gasteiger partial charge in [-0.25, -0.2) is 9.37 Å². The van der Waals surface area contributed by atoms with Gasteiger partial charge in [-0.1, -0.05) is 24.3 Å². The van der Waals surface area contributed by atoms with Crippen LogP contribution < -0.4 is 15.1 Å². The van der Waals surface area contributed by atoms with E-state index in [1.807, 2.05) is 24.5 Å². The van der Waals surface area contributed by atoms with Gasteiger partial charge in [-0.2, -0.15) is 0 Å². The summed E-state index contributed by atoms with van der Waals surface area (Å²) in [6.07, 6.45) is 10.0. The van der Waals surface area contributed by atoms with Gasteiger partial charge in [0.15, 0.2) is 0 Å². The minimum absolute atomic E-state index is 0.0849. The number of hydrogen-bond donors (Lipinski definition) is 1. The number of hydrogen-bond acceptors (Lipinski definition) is 9. The van der Waals surface area contributed by atoms with Crippen molar-refractivity contribution in [1.82, 2.24) is 30.0 Å². The molecular weight excluding hydrogens is 732 g/mol. The zero-order chi connectivity index (χ0) is 39.9. The Labute approximate surface area is 340 Å². The van der Waals surface area contributed by atoms with Crippen molar-refractivity contribution in [2.24, 2.45) is 11.3 Å². The number of anilines is 2. The van der Waals surface area contributed by atoms with E-state index in [2.05, 4.69) is 62.2 Å². The summed E-state index contributed by atoms with van der Waals surface area (Å²) >= 11 is 0. The molecule has 11 nitrogen and oxygen atoms in total. The summed E-state index contributed by atoms with van der Waals surface area (Å²) in [7, 11) is 0. The van der Waals surface area contributed by atoms with Crippen LogP contribution in [0.3, 0.4) is 0 Å². The fraction of sp³-hybridized carbons (Fsp3) is 0.543. The number of carbonyl (C=O) groups is 3. The maximum atomic E-state index is 15.2. The van der Waals surface area contributed by atoms with Gasteiger partial charge in [0.1, 0.15) is 17.5 Å². The van der Waals surface area contributed by atoms with Gasteiger partial charge in [-0.05, 0) is 117 Å². The Bertz CT molecular complexity index is 2170. The second kappa shape index (κ2) is 14.3. The number of alkyl halides is 1. The third-order valence-corrected chi connectivity index (χ3v) is 14.5. The zero-order valence-corrected chi connectivity index (χ0v) is 34.1. The minimum atomic E-state index is -1.32. The first-order chi connectivity index (χ1) is 27.9. The van der Waals surface area contributed by atoms with Crippen LogP contribution in [-0.2, 0) is 22.6 Å². The number of fused-ring (bicyclic) bond motifs is 3. The Morgan fingerprint density at radius 3 is 2.45 bits per heavy atom. The lowest BCUT2D eigenvalue weighted by Crippen LogP contribution is -2.52. The highest BCUT2D eigenvalue weighted by atomic mass is 19.1. The van der Waals surface area contributed by atoms with Gasteiger partial charge in [0.05, 0.1) is 24.1 Å². The Kier molecular flexibility index (Phi) is 9.24. The predicted molar refractivity (Wildman–Crippen MR) is 221 cm³/mol. The van der Waals surface area contributed by atoms with E-state index in [4.69, 9.17) is 9.97 Å². The van der Waals surface area contributed by atoms with Crippen LogP contribution in [0.2, 0.25) is 0 Å². The van der Waals surface area contributed by atoms with Gasteiger partial charge in [-0.15, -0.1) is 0 Å². The van der Waals surface area contributed by atoms with Crippen molar-refractivity contribution in [1.29, 1.82) is 0 Å². The monoisotopic (exact) mass is 786 g/mol. The lowest BCUT2D eigenvalue weighted by Gasteiger charge is -2.43. The van der Waals surface area contributed by atoms with Crippen molar-refractivity contribution in [3.05, 3.63) is 88.4 Å². The molecule has 0 bridgehead atoms. The van der Waals surface area contributed by atoms with E-state index >= 15 is 4.39 Å². The van der Waals surface area contributed by atoms with Gasteiger partial charge < -0.3 is 14.7 Å². The minimum Gasteiger partial charge on any atom is -0.369 e. The van der Waals surface area contributed by atoms with Crippen molar-refractivity contribution in [3.63, 3.8) is 0 Å². The molecule has 0 radical (unpaired) electrons. The van der Waals surface area contributed by atoms with Gasteiger partial charge in [-0.3, -0.25) is 34.5 Å². The summed E-state index contributed by atoms with van der Waals surface area (Å²) < 4.78 is 15.2. The average molecular weight is 787 g/mol. The summed E-state index contributed by atoms with van der Waals surface area (Å²) in [5.41, 5.74) is 8.24. The number of nitrogens with one attached hydrogen (secondary N) is 1. The molecule has 3 aromatic rings. The van der Waals surface area contributed by atoms with Crippen LogP contribution in [0.1, 0.15) is 98.1 Å². The molecule has 3 amide bonds. The molecule has 12 heteroatoms. The van der Waals surface area contributed by atoms with E-state index in [0.29, 0.717) is 30.5 Å². The molecule has 304 valence electrons. The molecule has 58 heavy (non-hydrogen) atoms. The fourth-order valence-corrected chi connectivity index (χ4v) is 11.2. The van der Waals surface area contributed by atoms with E-state index in [1.54, 1.807) is 18.7 Å². The third-order valence-electron chi connectivity index (χ3n) is 14.5. The molecule has 7 aliphatic rings. The molecule has 1 saturated carbocycles. The molecule has 1 spiro atoms. The second-order valence-electron chi connectivity index (χ2n) is 18.8. The molecule has 3 saturated heterocycles. The fourth-order valence-electron chi connectivity index (χ4n) is 11.2. The SMILES string of the molecule is C[C@@H]1CC2=C(Cc3ccccc32)[C@@H](c2cnc(N3CCC4(CC3)CC4CN3CCN(c4ccc5c(c4)CN(C4CCC(=O)NC4=O)C5=O)CC3)cn2)N1CC(C)(C)F. The number of piperidine rings is 2. The molecule has 2 aromatic carbocycles. The molecule has 10 rings (SSSR count). The van der Waals surface area contributed by atoms with Crippen molar-refractivity contribution in [3.8, 4) is 0 Å². The van der Waals surface area contributed by atoms with Gasteiger partial charge >= 0.3 is 0 Å². The van der Waals surface area contributed by atoms with Crippen LogP contribution in [0.15, 0.2) is 60.4 Å². The molecule has 4 atom stereocenters. The number of rotatable bonds is 8. The Balaban J connectivity index is 0.731. The van der Waals surface area contributed by atoms with E-state index in [0.717, 1.165) is 87.3 Å². The zero-order valence-electron chi connectivity index (χ0n) is 34.1. The summed E-state index contributed by atoms with van der Waals surface area (Å²) in [6.45, 7) is 13.4. The van der Waals surface area contributed by atoms with E-state index in [9.17, 15) is 14.4 Å². The normalized spacial score (nSPS) is 27.2. The number of piperazine rings is 1. The van der Waals surface area contributed by atoms with Crippen LogP contribution in [0, 0.1) is 11.3 Å². The molecule has 2 aliphatic carbocycles. The number of imide groups is 1. The molecule has 1 aromatic heterocycles. The van der Waals surface area contributed by atoms with Crippen molar-refractivity contribution >= 4 is 34.8 Å². The molecule has 5 aliphatic heterocycles. The van der Waals surface area contributed by atoms with E-state index < -0.39 is 11.7 Å². The summed E-state index contributed by atoms with van der Waals surface area (Å²) in [5, 5.41) is 2.39. The van der Waals surface area contributed by atoms with Crippen molar-refractivity contribution < 1.29 is 18.8 Å². The third kappa shape index (κ3) is 6.79. The first kappa shape index (κ1) is 37.6. The lowest BCUT2D eigenvalue weighted by molar-refractivity contribution is -0.136. The van der Waals surface area contributed by atoms with Crippen LogP contribution >= 0.6 is 0 Å². The molecule has 6 heterocycles. The maximum absolute atomic E-state index is 15.2. The van der Waals surface area contributed by atoms with Gasteiger partial charge in [0.25, 0.3) is 5.91 Å². The largest absolute Gasteiger partial charge is 0.369 e. The first-order valence-corrected chi connectivity index (χ1v) is 21.5. The van der Waals surface area contributed by atoms with E-state index in [-0.39, 0.29) is 36.2 Å². The van der Waals surface area contributed by atoms with Gasteiger partial charge in [0.2, 0.25) is 11.8 Å². The maximum Gasteiger partial charge on any atom is 0.255 e. The standard InChI is InChI=1S/C46H55FN8O3/c1-29-20-36-34-7-5-4-6-30(34)22-37(36)42(55(29)28-45(2,3)47)38-24-49-40(25-48-38)53-14-12-46(13-15-53)23-32(46)27-51-16-18-52(19-17-51)33-8-9-35-31(21-33)26-54(44(35)58)39-10-11-41(56)50-43(39)57/h4-9,21,24-25,29,32,39,42H,10-20,22-23,26-28H2,1-3H3,(H,50,56,57)/t29-,32?,39?,42+/m1/s1. The number of amides is 3. The average Bonchev–Trinajstić information content (AvgIpc) is 3.55.